The predicted octanol–water partition coefficient (Wildman–Crippen LogP) is 1.51. The number of amides is 1. The van der Waals surface area contributed by atoms with E-state index < -0.39 is 5.97 Å². The van der Waals surface area contributed by atoms with Crippen molar-refractivity contribution in [3.8, 4) is 0 Å². The minimum absolute atomic E-state index is 0.0626. The lowest BCUT2D eigenvalue weighted by Crippen LogP contribution is -2.43. The molecule has 1 aliphatic rings. The fraction of sp³-hybridized carbons (Fsp3) is 0.846. The molecule has 104 valence electrons. The maximum absolute atomic E-state index is 12.0. The standard InChI is InChI=1S/C13H23NO4/c1-4-18-11-5-10(6-11)7-12(15)14(9(2)3)8-13(16)17/h9-11H,4-8H2,1-3H3,(H,16,17). The number of carboxylic acid groups (broad SMARTS) is 1. The Morgan fingerprint density at radius 2 is 2.00 bits per heavy atom. The van der Waals surface area contributed by atoms with Crippen molar-refractivity contribution in [2.75, 3.05) is 13.2 Å². The van der Waals surface area contributed by atoms with E-state index in [0.29, 0.717) is 25.0 Å². The van der Waals surface area contributed by atoms with Crippen molar-refractivity contribution in [3.63, 3.8) is 0 Å². The Morgan fingerprint density at radius 1 is 1.39 bits per heavy atom. The second-order valence-electron chi connectivity index (χ2n) is 5.13. The van der Waals surface area contributed by atoms with Crippen LogP contribution in [0.3, 0.4) is 0 Å². The summed E-state index contributed by atoms with van der Waals surface area (Å²) in [5, 5.41) is 8.79. The SMILES string of the molecule is CCOC1CC(CC(=O)N(CC(=O)O)C(C)C)C1. The quantitative estimate of drug-likeness (QED) is 0.750. The minimum Gasteiger partial charge on any atom is -0.480 e. The predicted molar refractivity (Wildman–Crippen MR) is 67.2 cm³/mol. The second kappa shape index (κ2) is 6.73. The molecule has 1 rings (SSSR count). The summed E-state index contributed by atoms with van der Waals surface area (Å²) in [4.78, 5) is 24.1. The largest absolute Gasteiger partial charge is 0.480 e. The van der Waals surface area contributed by atoms with Gasteiger partial charge in [-0.25, -0.2) is 0 Å². The molecule has 0 atom stereocenters. The number of aliphatic carboxylic acids is 1. The van der Waals surface area contributed by atoms with E-state index in [1.807, 2.05) is 20.8 Å². The van der Waals surface area contributed by atoms with E-state index in [2.05, 4.69) is 0 Å². The van der Waals surface area contributed by atoms with Crippen molar-refractivity contribution in [2.45, 2.75) is 52.2 Å². The fourth-order valence-electron chi connectivity index (χ4n) is 2.28. The smallest absolute Gasteiger partial charge is 0.323 e. The number of carboxylic acids is 1. The molecule has 0 aromatic carbocycles. The summed E-state index contributed by atoms with van der Waals surface area (Å²) in [6.45, 7) is 6.14. The van der Waals surface area contributed by atoms with Gasteiger partial charge in [0.05, 0.1) is 6.10 Å². The van der Waals surface area contributed by atoms with Gasteiger partial charge < -0.3 is 14.7 Å². The number of carbonyl (C=O) groups excluding carboxylic acids is 1. The van der Waals surface area contributed by atoms with E-state index in [4.69, 9.17) is 9.84 Å². The van der Waals surface area contributed by atoms with Crippen LogP contribution < -0.4 is 0 Å². The summed E-state index contributed by atoms with van der Waals surface area (Å²) in [5.74, 6) is -0.672. The van der Waals surface area contributed by atoms with E-state index in [1.54, 1.807) is 0 Å². The highest BCUT2D eigenvalue weighted by atomic mass is 16.5. The molecule has 1 N–H and O–H groups in total. The zero-order chi connectivity index (χ0) is 13.7. The Kier molecular flexibility index (Phi) is 5.59. The lowest BCUT2D eigenvalue weighted by atomic mass is 9.79. The van der Waals surface area contributed by atoms with Gasteiger partial charge in [-0.1, -0.05) is 0 Å². The molecule has 1 aliphatic carbocycles. The monoisotopic (exact) mass is 257 g/mol. The number of nitrogens with zero attached hydrogens (tertiary/aromatic N) is 1. The highest BCUT2D eigenvalue weighted by molar-refractivity contribution is 5.81. The maximum Gasteiger partial charge on any atom is 0.323 e. The molecule has 5 nitrogen and oxygen atoms in total. The Labute approximate surface area is 108 Å². The molecule has 0 heterocycles. The molecule has 0 saturated heterocycles. The summed E-state index contributed by atoms with van der Waals surface area (Å²) in [6.07, 6.45) is 2.56. The molecule has 1 amide bonds. The highest BCUT2D eigenvalue weighted by Crippen LogP contribution is 2.33. The van der Waals surface area contributed by atoms with Crippen LogP contribution in [0, 0.1) is 5.92 Å². The Morgan fingerprint density at radius 3 is 2.44 bits per heavy atom. The topological polar surface area (TPSA) is 66.8 Å². The van der Waals surface area contributed by atoms with Gasteiger partial charge >= 0.3 is 5.97 Å². The number of carbonyl (C=O) groups is 2. The van der Waals surface area contributed by atoms with Crippen molar-refractivity contribution in [1.82, 2.24) is 4.90 Å². The van der Waals surface area contributed by atoms with Gasteiger partial charge in [-0.05, 0) is 39.5 Å². The Bertz CT molecular complexity index is 297. The average Bonchev–Trinajstić information content (AvgIpc) is 2.22. The third-order valence-electron chi connectivity index (χ3n) is 3.31. The summed E-state index contributed by atoms with van der Waals surface area (Å²) >= 11 is 0. The first-order valence-electron chi connectivity index (χ1n) is 6.56. The van der Waals surface area contributed by atoms with Gasteiger partial charge in [0.1, 0.15) is 6.54 Å². The molecule has 0 aliphatic heterocycles. The van der Waals surface area contributed by atoms with Crippen LogP contribution in [-0.4, -0.2) is 47.2 Å². The first-order valence-corrected chi connectivity index (χ1v) is 6.56. The van der Waals surface area contributed by atoms with Crippen LogP contribution in [0.4, 0.5) is 0 Å². The lowest BCUT2D eigenvalue weighted by Gasteiger charge is -2.36. The first kappa shape index (κ1) is 15.0. The first-order chi connectivity index (χ1) is 8.43. The molecular formula is C13H23NO4. The molecular weight excluding hydrogens is 234 g/mol. The molecule has 1 saturated carbocycles. The van der Waals surface area contributed by atoms with Gasteiger partial charge in [0, 0.05) is 19.1 Å². The minimum atomic E-state index is -0.960. The number of rotatable bonds is 7. The molecule has 1 fully saturated rings. The van der Waals surface area contributed by atoms with Crippen molar-refractivity contribution >= 4 is 11.9 Å². The van der Waals surface area contributed by atoms with Crippen molar-refractivity contribution in [3.05, 3.63) is 0 Å². The van der Waals surface area contributed by atoms with Gasteiger partial charge in [-0.15, -0.1) is 0 Å². The van der Waals surface area contributed by atoms with E-state index in [9.17, 15) is 9.59 Å². The molecule has 5 heteroatoms. The van der Waals surface area contributed by atoms with E-state index >= 15 is 0 Å². The van der Waals surface area contributed by atoms with Gasteiger partial charge in [-0.2, -0.15) is 0 Å². The third-order valence-corrected chi connectivity index (χ3v) is 3.31. The van der Waals surface area contributed by atoms with Crippen LogP contribution in [0.2, 0.25) is 0 Å². The molecule has 0 aromatic rings. The molecule has 0 bridgehead atoms. The fourth-order valence-corrected chi connectivity index (χ4v) is 2.28. The van der Waals surface area contributed by atoms with Crippen LogP contribution in [0.15, 0.2) is 0 Å². The van der Waals surface area contributed by atoms with Gasteiger partial charge in [0.2, 0.25) is 5.91 Å². The molecule has 0 aromatic heterocycles. The maximum atomic E-state index is 12.0. The average molecular weight is 257 g/mol. The van der Waals surface area contributed by atoms with Crippen LogP contribution in [-0.2, 0) is 14.3 Å². The van der Waals surface area contributed by atoms with Crippen LogP contribution >= 0.6 is 0 Å². The van der Waals surface area contributed by atoms with Gasteiger partial charge in [0.15, 0.2) is 0 Å². The molecule has 18 heavy (non-hydrogen) atoms. The zero-order valence-electron chi connectivity index (χ0n) is 11.4. The van der Waals surface area contributed by atoms with Gasteiger partial charge in [0.25, 0.3) is 0 Å². The number of ether oxygens (including phenoxy) is 1. The number of hydrogen-bond acceptors (Lipinski definition) is 3. The summed E-state index contributed by atoms with van der Waals surface area (Å²) in [5.41, 5.74) is 0. The normalized spacial score (nSPS) is 22.7. The van der Waals surface area contributed by atoms with E-state index in [-0.39, 0.29) is 18.5 Å². The van der Waals surface area contributed by atoms with E-state index in [0.717, 1.165) is 12.8 Å². The van der Waals surface area contributed by atoms with Crippen LogP contribution in [0.5, 0.6) is 0 Å². The van der Waals surface area contributed by atoms with Crippen molar-refractivity contribution in [2.24, 2.45) is 5.92 Å². The summed E-state index contributed by atoms with van der Waals surface area (Å²) < 4.78 is 5.44. The van der Waals surface area contributed by atoms with Gasteiger partial charge in [-0.3, -0.25) is 9.59 Å². The lowest BCUT2D eigenvalue weighted by molar-refractivity contribution is -0.147. The summed E-state index contributed by atoms with van der Waals surface area (Å²) in [7, 11) is 0. The van der Waals surface area contributed by atoms with Crippen LogP contribution in [0.1, 0.15) is 40.0 Å². The number of hydrogen-bond donors (Lipinski definition) is 1. The molecule has 0 radical (unpaired) electrons. The summed E-state index contributed by atoms with van der Waals surface area (Å²) in [6, 6.07) is -0.0728. The second-order valence-corrected chi connectivity index (χ2v) is 5.13. The Hall–Kier alpha value is -1.10. The Balaban J connectivity index is 2.37. The van der Waals surface area contributed by atoms with Crippen molar-refractivity contribution in [1.29, 1.82) is 0 Å². The van der Waals surface area contributed by atoms with E-state index in [1.165, 1.54) is 4.90 Å². The van der Waals surface area contributed by atoms with Crippen LogP contribution in [0.25, 0.3) is 0 Å². The molecule has 0 unspecified atom stereocenters. The highest BCUT2D eigenvalue weighted by Gasteiger charge is 2.33. The molecule has 0 spiro atoms. The third kappa shape index (κ3) is 4.29. The van der Waals surface area contributed by atoms with Crippen molar-refractivity contribution < 1.29 is 19.4 Å². The zero-order valence-corrected chi connectivity index (χ0v) is 11.4.